The van der Waals surface area contributed by atoms with Crippen LogP contribution in [0.5, 0.6) is 0 Å². The van der Waals surface area contributed by atoms with Gasteiger partial charge >= 0.3 is 0 Å². The topological polar surface area (TPSA) is 29.1 Å². The predicted octanol–water partition coefficient (Wildman–Crippen LogP) is 2.48. The second-order valence-electron chi connectivity index (χ2n) is 4.12. The lowest BCUT2D eigenvalue weighted by Crippen LogP contribution is -2.51. The normalized spacial score (nSPS) is 34.2. The lowest BCUT2D eigenvalue weighted by molar-refractivity contribution is -0.112. The molecule has 0 aromatic heterocycles. The zero-order valence-corrected chi connectivity index (χ0v) is 8.81. The molecule has 0 aliphatic heterocycles. The molecule has 2 nitrogen and oxygen atoms in total. The van der Waals surface area contributed by atoms with E-state index < -0.39 is 0 Å². The molecule has 1 aliphatic rings. The van der Waals surface area contributed by atoms with Gasteiger partial charge in [-0.05, 0) is 25.2 Å². The van der Waals surface area contributed by atoms with Gasteiger partial charge in [-0.2, -0.15) is 0 Å². The molecular weight excluding hydrogens is 162 g/mol. The van der Waals surface area contributed by atoms with Gasteiger partial charge in [-0.3, -0.25) is 4.79 Å². The van der Waals surface area contributed by atoms with Gasteiger partial charge < -0.3 is 5.32 Å². The van der Waals surface area contributed by atoms with E-state index in [4.69, 9.17) is 0 Å². The van der Waals surface area contributed by atoms with E-state index in [1.54, 1.807) is 0 Å². The van der Waals surface area contributed by atoms with Crippen LogP contribution in [0.4, 0.5) is 0 Å². The van der Waals surface area contributed by atoms with Crippen molar-refractivity contribution in [2.45, 2.75) is 57.9 Å². The number of amides is 1. The molecule has 0 radical (unpaired) electrons. The fourth-order valence-corrected chi connectivity index (χ4v) is 2.78. The summed E-state index contributed by atoms with van der Waals surface area (Å²) in [6.45, 7) is 4.41. The lowest BCUT2D eigenvalue weighted by atomic mass is 9.70. The van der Waals surface area contributed by atoms with Crippen molar-refractivity contribution in [1.29, 1.82) is 0 Å². The van der Waals surface area contributed by atoms with Crippen molar-refractivity contribution >= 4 is 6.41 Å². The minimum Gasteiger partial charge on any atom is -0.353 e. The quantitative estimate of drug-likeness (QED) is 0.666. The molecule has 1 N–H and O–H groups in total. The van der Waals surface area contributed by atoms with E-state index in [0.29, 0.717) is 5.92 Å². The molecule has 0 saturated heterocycles. The molecule has 2 heteroatoms. The van der Waals surface area contributed by atoms with Crippen LogP contribution in [0.3, 0.4) is 0 Å². The third kappa shape index (κ3) is 2.04. The fraction of sp³-hybridized carbons (Fsp3) is 0.909. The van der Waals surface area contributed by atoms with Crippen molar-refractivity contribution in [2.75, 3.05) is 0 Å². The third-order valence-electron chi connectivity index (χ3n) is 3.68. The second kappa shape index (κ2) is 4.64. The van der Waals surface area contributed by atoms with Gasteiger partial charge in [0.15, 0.2) is 0 Å². The Hall–Kier alpha value is -0.530. The molecular formula is C11H21NO. The molecule has 0 aromatic carbocycles. The Bertz CT molecular complexity index is 169. The van der Waals surface area contributed by atoms with Crippen LogP contribution < -0.4 is 5.32 Å². The number of nitrogens with one attached hydrogen (secondary N) is 1. The van der Waals surface area contributed by atoms with Gasteiger partial charge in [-0.25, -0.2) is 0 Å². The van der Waals surface area contributed by atoms with E-state index in [-0.39, 0.29) is 5.54 Å². The molecule has 2 atom stereocenters. The fourth-order valence-electron chi connectivity index (χ4n) is 2.78. The summed E-state index contributed by atoms with van der Waals surface area (Å²) in [5.74, 6) is 0.691. The summed E-state index contributed by atoms with van der Waals surface area (Å²) in [6.07, 6.45) is 8.20. The van der Waals surface area contributed by atoms with Crippen molar-refractivity contribution in [2.24, 2.45) is 5.92 Å². The van der Waals surface area contributed by atoms with E-state index >= 15 is 0 Å². The first-order valence-electron chi connectivity index (χ1n) is 5.50. The molecule has 1 amide bonds. The van der Waals surface area contributed by atoms with Gasteiger partial charge in [0, 0.05) is 5.54 Å². The first kappa shape index (κ1) is 10.6. The Balaban J connectivity index is 2.71. The van der Waals surface area contributed by atoms with Crippen LogP contribution in [0.1, 0.15) is 52.4 Å². The number of carbonyl (C=O) groups excluding carboxylic acids is 1. The molecule has 13 heavy (non-hydrogen) atoms. The van der Waals surface area contributed by atoms with E-state index in [1.807, 2.05) is 0 Å². The van der Waals surface area contributed by atoms with Crippen LogP contribution in [0.2, 0.25) is 0 Å². The summed E-state index contributed by atoms with van der Waals surface area (Å²) in [5.41, 5.74) is 0.120. The minimum atomic E-state index is 0.120. The maximum atomic E-state index is 10.6. The van der Waals surface area contributed by atoms with E-state index in [2.05, 4.69) is 19.2 Å². The minimum absolute atomic E-state index is 0.120. The maximum Gasteiger partial charge on any atom is 0.207 e. The molecule has 1 aliphatic carbocycles. The maximum absolute atomic E-state index is 10.6. The van der Waals surface area contributed by atoms with Gasteiger partial charge in [0.25, 0.3) is 0 Å². The number of carbonyl (C=O) groups is 1. The standard InChI is InChI=1S/C11H21NO/c1-3-10-7-5-6-8-11(10,4-2)12-9-13/h9-10H,3-8H2,1-2H3,(H,12,13). The number of hydrogen-bond donors (Lipinski definition) is 1. The van der Waals surface area contributed by atoms with Gasteiger partial charge in [0.05, 0.1) is 0 Å². The number of rotatable bonds is 4. The summed E-state index contributed by atoms with van der Waals surface area (Å²) in [6, 6.07) is 0. The van der Waals surface area contributed by atoms with E-state index in [1.165, 1.54) is 32.1 Å². The van der Waals surface area contributed by atoms with Crippen molar-refractivity contribution < 1.29 is 4.79 Å². The van der Waals surface area contributed by atoms with E-state index in [0.717, 1.165) is 12.8 Å². The van der Waals surface area contributed by atoms with Gasteiger partial charge in [-0.1, -0.05) is 33.1 Å². The van der Waals surface area contributed by atoms with Crippen LogP contribution in [0.25, 0.3) is 0 Å². The van der Waals surface area contributed by atoms with Crippen LogP contribution in [0, 0.1) is 5.92 Å². The van der Waals surface area contributed by atoms with E-state index in [9.17, 15) is 4.79 Å². The summed E-state index contributed by atoms with van der Waals surface area (Å²) in [5, 5.41) is 3.07. The highest BCUT2D eigenvalue weighted by Crippen LogP contribution is 2.37. The number of hydrogen-bond acceptors (Lipinski definition) is 1. The monoisotopic (exact) mass is 183 g/mol. The Morgan fingerprint density at radius 3 is 2.77 bits per heavy atom. The Morgan fingerprint density at radius 2 is 2.23 bits per heavy atom. The summed E-state index contributed by atoms with van der Waals surface area (Å²) in [7, 11) is 0. The average molecular weight is 183 g/mol. The highest BCUT2D eigenvalue weighted by Gasteiger charge is 2.37. The van der Waals surface area contributed by atoms with Crippen molar-refractivity contribution in [1.82, 2.24) is 5.32 Å². The van der Waals surface area contributed by atoms with Gasteiger partial charge in [0.2, 0.25) is 6.41 Å². The summed E-state index contributed by atoms with van der Waals surface area (Å²) >= 11 is 0. The average Bonchev–Trinajstić information content (AvgIpc) is 2.19. The zero-order chi connectivity index (χ0) is 9.73. The molecule has 2 unspecified atom stereocenters. The smallest absolute Gasteiger partial charge is 0.207 e. The van der Waals surface area contributed by atoms with Crippen LogP contribution in [-0.2, 0) is 4.79 Å². The Labute approximate surface area is 81.1 Å². The largest absolute Gasteiger partial charge is 0.353 e. The zero-order valence-electron chi connectivity index (χ0n) is 8.81. The highest BCUT2D eigenvalue weighted by atomic mass is 16.1. The van der Waals surface area contributed by atoms with Crippen LogP contribution >= 0.6 is 0 Å². The molecule has 1 saturated carbocycles. The second-order valence-corrected chi connectivity index (χ2v) is 4.12. The van der Waals surface area contributed by atoms with Crippen molar-refractivity contribution in [3.05, 3.63) is 0 Å². The molecule has 0 spiro atoms. The first-order valence-corrected chi connectivity index (χ1v) is 5.50. The lowest BCUT2D eigenvalue weighted by Gasteiger charge is -2.43. The van der Waals surface area contributed by atoms with Crippen LogP contribution in [0.15, 0.2) is 0 Å². The van der Waals surface area contributed by atoms with Gasteiger partial charge in [0.1, 0.15) is 0 Å². The third-order valence-corrected chi connectivity index (χ3v) is 3.68. The molecule has 1 fully saturated rings. The summed E-state index contributed by atoms with van der Waals surface area (Å²) in [4.78, 5) is 10.6. The molecule has 0 heterocycles. The predicted molar refractivity (Wildman–Crippen MR) is 54.5 cm³/mol. The summed E-state index contributed by atoms with van der Waals surface area (Å²) < 4.78 is 0. The van der Waals surface area contributed by atoms with Crippen molar-refractivity contribution in [3.63, 3.8) is 0 Å². The molecule has 0 bridgehead atoms. The molecule has 76 valence electrons. The van der Waals surface area contributed by atoms with Gasteiger partial charge in [-0.15, -0.1) is 0 Å². The Kier molecular flexibility index (Phi) is 3.76. The van der Waals surface area contributed by atoms with Crippen molar-refractivity contribution in [3.8, 4) is 0 Å². The first-order chi connectivity index (χ1) is 6.29. The molecule has 0 aromatic rings. The SMILES string of the molecule is CCC1CCCCC1(CC)NC=O. The van der Waals surface area contributed by atoms with Crippen LogP contribution in [-0.4, -0.2) is 11.9 Å². The molecule has 1 rings (SSSR count). The Morgan fingerprint density at radius 1 is 1.46 bits per heavy atom. The highest BCUT2D eigenvalue weighted by molar-refractivity contribution is 5.48.